The number of aryl methyl sites for hydroxylation is 1. The molecule has 1 aromatic carbocycles. The Morgan fingerprint density at radius 2 is 2.38 bits per heavy atom. The Morgan fingerprint density at radius 1 is 1.56 bits per heavy atom. The molecule has 0 saturated heterocycles. The fourth-order valence-corrected chi connectivity index (χ4v) is 2.76. The number of fused-ring (bicyclic) bond motifs is 3. The number of carbonyl (C=O) groups excluding carboxylic acids is 1. The standard InChI is InChI=1S/C12H11BrN2O/c1-7(16)8-2-3-10-11(6-8)15-5-4-9(13)12(15)14-10/h2-3,6,9H,4-5H2,1H3. The van der Waals surface area contributed by atoms with Crippen LogP contribution in [0.2, 0.25) is 0 Å². The predicted octanol–water partition coefficient (Wildman–Crippen LogP) is 3.08. The van der Waals surface area contributed by atoms with Gasteiger partial charge in [0.15, 0.2) is 5.78 Å². The number of aromatic nitrogens is 2. The van der Waals surface area contributed by atoms with Crippen molar-refractivity contribution in [1.82, 2.24) is 9.55 Å². The van der Waals surface area contributed by atoms with Crippen molar-refractivity contribution in [1.29, 1.82) is 0 Å². The molecule has 2 aromatic rings. The summed E-state index contributed by atoms with van der Waals surface area (Å²) in [6, 6.07) is 5.72. The summed E-state index contributed by atoms with van der Waals surface area (Å²) in [6.45, 7) is 2.57. The second-order valence-corrected chi connectivity index (χ2v) is 5.24. The van der Waals surface area contributed by atoms with E-state index in [-0.39, 0.29) is 5.78 Å². The number of imidazole rings is 1. The van der Waals surface area contributed by atoms with Crippen LogP contribution in [0.5, 0.6) is 0 Å². The molecule has 82 valence electrons. The third-order valence-corrected chi connectivity index (χ3v) is 3.94. The molecule has 0 bridgehead atoms. The molecule has 1 aliphatic rings. The largest absolute Gasteiger partial charge is 0.327 e. The molecule has 4 heteroatoms. The van der Waals surface area contributed by atoms with Gasteiger partial charge in [-0.25, -0.2) is 4.98 Å². The summed E-state index contributed by atoms with van der Waals surface area (Å²) in [6.07, 6.45) is 1.07. The second-order valence-electron chi connectivity index (χ2n) is 4.14. The molecule has 16 heavy (non-hydrogen) atoms. The molecule has 1 aromatic heterocycles. The first kappa shape index (κ1) is 10.0. The summed E-state index contributed by atoms with van der Waals surface area (Å²) in [7, 11) is 0. The maximum Gasteiger partial charge on any atom is 0.159 e. The summed E-state index contributed by atoms with van der Waals surface area (Å²) >= 11 is 3.61. The SMILES string of the molecule is CC(=O)c1ccc2nc3n(c2c1)CCC3Br. The van der Waals surface area contributed by atoms with Gasteiger partial charge in [-0.15, -0.1) is 0 Å². The number of Topliss-reactive ketones (excluding diaryl/α,β-unsaturated/α-hetero) is 1. The number of rotatable bonds is 1. The molecule has 0 radical (unpaired) electrons. The van der Waals surface area contributed by atoms with Gasteiger partial charge in [-0.3, -0.25) is 4.79 Å². The van der Waals surface area contributed by atoms with Crippen LogP contribution in [0.4, 0.5) is 0 Å². The van der Waals surface area contributed by atoms with Gasteiger partial charge in [0.2, 0.25) is 0 Å². The van der Waals surface area contributed by atoms with Crippen molar-refractivity contribution in [2.75, 3.05) is 0 Å². The maximum absolute atomic E-state index is 11.3. The number of alkyl halides is 1. The number of hydrogen-bond donors (Lipinski definition) is 0. The second kappa shape index (κ2) is 3.42. The van der Waals surface area contributed by atoms with Crippen LogP contribution in [0.25, 0.3) is 11.0 Å². The number of nitrogens with zero attached hydrogens (tertiary/aromatic N) is 2. The summed E-state index contributed by atoms with van der Waals surface area (Å²) in [5.74, 6) is 1.18. The first-order chi connectivity index (χ1) is 7.66. The molecule has 2 heterocycles. The van der Waals surface area contributed by atoms with E-state index in [1.165, 1.54) is 0 Å². The van der Waals surface area contributed by atoms with Crippen molar-refractivity contribution >= 4 is 32.7 Å². The van der Waals surface area contributed by atoms with Gasteiger partial charge in [0.05, 0.1) is 15.9 Å². The van der Waals surface area contributed by atoms with E-state index in [0.717, 1.165) is 35.4 Å². The monoisotopic (exact) mass is 278 g/mol. The van der Waals surface area contributed by atoms with Gasteiger partial charge in [-0.2, -0.15) is 0 Å². The highest BCUT2D eigenvalue weighted by atomic mass is 79.9. The molecule has 3 rings (SSSR count). The molecule has 1 aliphatic heterocycles. The van der Waals surface area contributed by atoms with Gasteiger partial charge < -0.3 is 4.57 Å². The van der Waals surface area contributed by atoms with Gasteiger partial charge in [0.25, 0.3) is 0 Å². The normalized spacial score (nSPS) is 19.0. The van der Waals surface area contributed by atoms with Crippen LogP contribution in [0.3, 0.4) is 0 Å². The zero-order valence-electron chi connectivity index (χ0n) is 8.90. The average Bonchev–Trinajstić information content (AvgIpc) is 2.78. The van der Waals surface area contributed by atoms with E-state index in [9.17, 15) is 4.79 Å². The molecule has 0 fully saturated rings. The molecule has 0 amide bonds. The average molecular weight is 279 g/mol. The zero-order chi connectivity index (χ0) is 11.3. The minimum Gasteiger partial charge on any atom is -0.327 e. The Kier molecular flexibility index (Phi) is 2.14. The summed E-state index contributed by atoms with van der Waals surface area (Å²) in [5, 5.41) is 0. The van der Waals surface area contributed by atoms with Crippen LogP contribution in [0.1, 0.15) is 34.4 Å². The van der Waals surface area contributed by atoms with E-state index in [4.69, 9.17) is 0 Å². The Balaban J connectivity index is 2.27. The zero-order valence-corrected chi connectivity index (χ0v) is 10.5. The van der Waals surface area contributed by atoms with Crippen molar-refractivity contribution < 1.29 is 4.79 Å². The lowest BCUT2D eigenvalue weighted by molar-refractivity contribution is 0.101. The van der Waals surface area contributed by atoms with Crippen molar-refractivity contribution in [3.63, 3.8) is 0 Å². The van der Waals surface area contributed by atoms with Crippen molar-refractivity contribution in [2.45, 2.75) is 24.7 Å². The fourth-order valence-electron chi connectivity index (χ4n) is 2.21. The van der Waals surface area contributed by atoms with Crippen molar-refractivity contribution in [3.05, 3.63) is 29.6 Å². The summed E-state index contributed by atoms with van der Waals surface area (Å²) in [5.41, 5.74) is 2.81. The number of halogens is 1. The van der Waals surface area contributed by atoms with Gasteiger partial charge >= 0.3 is 0 Å². The topological polar surface area (TPSA) is 34.9 Å². The predicted molar refractivity (Wildman–Crippen MR) is 66.0 cm³/mol. The smallest absolute Gasteiger partial charge is 0.159 e. The molecule has 1 atom stereocenters. The number of hydrogen-bond acceptors (Lipinski definition) is 2. The fraction of sp³-hybridized carbons (Fsp3) is 0.333. The van der Waals surface area contributed by atoms with Crippen molar-refractivity contribution in [2.24, 2.45) is 0 Å². The lowest BCUT2D eigenvalue weighted by Gasteiger charge is -1.99. The third kappa shape index (κ3) is 1.33. The van der Waals surface area contributed by atoms with E-state index >= 15 is 0 Å². The summed E-state index contributed by atoms with van der Waals surface area (Å²) in [4.78, 5) is 16.3. The van der Waals surface area contributed by atoms with Crippen LogP contribution >= 0.6 is 15.9 Å². The Hall–Kier alpha value is -1.16. The van der Waals surface area contributed by atoms with E-state index in [1.54, 1.807) is 6.92 Å². The lowest BCUT2D eigenvalue weighted by atomic mass is 10.1. The van der Waals surface area contributed by atoms with Gasteiger partial charge in [-0.05, 0) is 31.5 Å². The van der Waals surface area contributed by atoms with Crippen LogP contribution in [-0.4, -0.2) is 15.3 Å². The highest BCUT2D eigenvalue weighted by molar-refractivity contribution is 9.09. The Bertz CT molecular complexity index is 588. The van der Waals surface area contributed by atoms with Crippen molar-refractivity contribution in [3.8, 4) is 0 Å². The molecule has 3 nitrogen and oxygen atoms in total. The Labute approximate surface area is 102 Å². The molecule has 0 spiro atoms. The third-order valence-electron chi connectivity index (χ3n) is 3.07. The van der Waals surface area contributed by atoms with Gasteiger partial charge in [0.1, 0.15) is 5.82 Å². The minimum absolute atomic E-state index is 0.103. The molecule has 0 aliphatic carbocycles. The van der Waals surface area contributed by atoms with Gasteiger partial charge in [0, 0.05) is 12.1 Å². The summed E-state index contributed by atoms with van der Waals surface area (Å²) < 4.78 is 2.20. The lowest BCUT2D eigenvalue weighted by Crippen LogP contribution is -1.95. The van der Waals surface area contributed by atoms with E-state index < -0.39 is 0 Å². The highest BCUT2D eigenvalue weighted by Gasteiger charge is 2.24. The number of carbonyl (C=O) groups is 1. The van der Waals surface area contributed by atoms with Crippen LogP contribution in [0, 0.1) is 0 Å². The van der Waals surface area contributed by atoms with Crippen LogP contribution in [-0.2, 0) is 6.54 Å². The molecule has 1 unspecified atom stereocenters. The molecule has 0 saturated carbocycles. The van der Waals surface area contributed by atoms with Gasteiger partial charge in [-0.1, -0.05) is 15.9 Å². The number of ketones is 1. The molecular formula is C12H11BrN2O. The Morgan fingerprint density at radius 3 is 3.12 bits per heavy atom. The van der Waals surface area contributed by atoms with E-state index in [1.807, 2.05) is 18.2 Å². The molecular weight excluding hydrogens is 268 g/mol. The minimum atomic E-state index is 0.103. The van der Waals surface area contributed by atoms with E-state index in [0.29, 0.717) is 4.83 Å². The van der Waals surface area contributed by atoms with Crippen LogP contribution < -0.4 is 0 Å². The molecule has 0 N–H and O–H groups in total. The number of benzene rings is 1. The van der Waals surface area contributed by atoms with Crippen LogP contribution in [0.15, 0.2) is 18.2 Å². The first-order valence-corrected chi connectivity index (χ1v) is 6.23. The first-order valence-electron chi connectivity index (χ1n) is 5.32. The highest BCUT2D eigenvalue weighted by Crippen LogP contribution is 2.35. The van der Waals surface area contributed by atoms with E-state index in [2.05, 4.69) is 25.5 Å². The quantitative estimate of drug-likeness (QED) is 0.594. The maximum atomic E-state index is 11.3.